The Balaban J connectivity index is 1.28. The fourth-order valence-electron chi connectivity index (χ4n) is 3.38. The van der Waals surface area contributed by atoms with Crippen LogP contribution in [-0.2, 0) is 11.2 Å². The second kappa shape index (κ2) is 9.90. The highest BCUT2D eigenvalue weighted by atomic mass is 16.5. The maximum absolute atomic E-state index is 12.1. The van der Waals surface area contributed by atoms with Gasteiger partial charge in [0.15, 0.2) is 0 Å². The molecule has 1 heterocycles. The van der Waals surface area contributed by atoms with Crippen molar-refractivity contribution in [3.8, 4) is 6.01 Å². The Labute approximate surface area is 155 Å². The molecule has 1 aromatic carbocycles. The number of benzene rings is 1. The minimum absolute atomic E-state index is 0.149. The third-order valence-electron chi connectivity index (χ3n) is 4.82. The minimum atomic E-state index is 0.149. The van der Waals surface area contributed by atoms with Crippen molar-refractivity contribution < 1.29 is 9.53 Å². The molecule has 0 spiro atoms. The number of rotatable bonds is 8. The van der Waals surface area contributed by atoms with Crippen molar-refractivity contribution in [1.82, 2.24) is 15.3 Å². The third kappa shape index (κ3) is 6.14. The average molecular weight is 353 g/mol. The van der Waals surface area contributed by atoms with Crippen molar-refractivity contribution in [3.05, 3.63) is 54.4 Å². The Morgan fingerprint density at radius 2 is 1.73 bits per heavy atom. The van der Waals surface area contributed by atoms with Gasteiger partial charge in [0.2, 0.25) is 5.91 Å². The summed E-state index contributed by atoms with van der Waals surface area (Å²) in [6.45, 7) is 0. The van der Waals surface area contributed by atoms with Crippen molar-refractivity contribution in [2.75, 3.05) is 0 Å². The zero-order valence-corrected chi connectivity index (χ0v) is 15.1. The van der Waals surface area contributed by atoms with Gasteiger partial charge in [-0.2, -0.15) is 0 Å². The lowest BCUT2D eigenvalue weighted by Gasteiger charge is -2.28. The van der Waals surface area contributed by atoms with Gasteiger partial charge in [-0.15, -0.1) is 0 Å². The highest BCUT2D eigenvalue weighted by Gasteiger charge is 2.24. The zero-order chi connectivity index (χ0) is 18.0. The van der Waals surface area contributed by atoms with Gasteiger partial charge in [-0.3, -0.25) is 4.79 Å². The SMILES string of the molecule is O=C(CCCCc1ccccc1)NC1CCC(Oc2ncccn2)CC1. The summed E-state index contributed by atoms with van der Waals surface area (Å²) in [5.41, 5.74) is 1.34. The van der Waals surface area contributed by atoms with Gasteiger partial charge in [-0.05, 0) is 56.6 Å². The van der Waals surface area contributed by atoms with Crippen LogP contribution in [0, 0.1) is 0 Å². The van der Waals surface area contributed by atoms with Crippen molar-refractivity contribution >= 4 is 5.91 Å². The third-order valence-corrected chi connectivity index (χ3v) is 4.82. The molecule has 0 radical (unpaired) electrons. The number of aryl methyl sites for hydroxylation is 1. The quantitative estimate of drug-likeness (QED) is 0.735. The van der Waals surface area contributed by atoms with Crippen molar-refractivity contribution in [2.24, 2.45) is 0 Å². The molecule has 5 heteroatoms. The van der Waals surface area contributed by atoms with Crippen LogP contribution in [0.4, 0.5) is 0 Å². The number of carbonyl (C=O) groups is 1. The number of amides is 1. The van der Waals surface area contributed by atoms with Gasteiger partial charge in [0, 0.05) is 24.9 Å². The van der Waals surface area contributed by atoms with Crippen molar-refractivity contribution in [1.29, 1.82) is 0 Å². The van der Waals surface area contributed by atoms with E-state index in [0.717, 1.165) is 44.9 Å². The number of hydrogen-bond donors (Lipinski definition) is 1. The fourth-order valence-corrected chi connectivity index (χ4v) is 3.38. The number of hydrogen-bond acceptors (Lipinski definition) is 4. The van der Waals surface area contributed by atoms with Crippen LogP contribution < -0.4 is 10.1 Å². The van der Waals surface area contributed by atoms with Gasteiger partial charge >= 0.3 is 6.01 Å². The number of unbranched alkanes of at least 4 members (excludes halogenated alkanes) is 1. The number of nitrogens with zero attached hydrogens (tertiary/aromatic N) is 2. The molecule has 5 nitrogen and oxygen atoms in total. The maximum atomic E-state index is 12.1. The molecule has 138 valence electrons. The second-order valence-corrected chi connectivity index (χ2v) is 6.88. The predicted octanol–water partition coefficient (Wildman–Crippen LogP) is 3.70. The van der Waals surface area contributed by atoms with E-state index in [9.17, 15) is 4.79 Å². The fraction of sp³-hybridized carbons (Fsp3) is 0.476. The van der Waals surface area contributed by atoms with Crippen LogP contribution in [0.5, 0.6) is 6.01 Å². The van der Waals surface area contributed by atoms with Crippen LogP contribution in [0.2, 0.25) is 0 Å². The molecule has 1 fully saturated rings. The van der Waals surface area contributed by atoms with Crippen LogP contribution in [0.15, 0.2) is 48.8 Å². The molecule has 1 amide bonds. The van der Waals surface area contributed by atoms with Gasteiger partial charge in [-0.1, -0.05) is 30.3 Å². The van der Waals surface area contributed by atoms with Gasteiger partial charge < -0.3 is 10.1 Å². The molecule has 1 saturated carbocycles. The molecule has 0 bridgehead atoms. The Hall–Kier alpha value is -2.43. The monoisotopic (exact) mass is 353 g/mol. The standard InChI is InChI=1S/C21H27N3O2/c25-20(10-5-4-9-17-7-2-1-3-8-17)24-18-11-13-19(14-12-18)26-21-22-15-6-16-23-21/h1-3,6-8,15-16,18-19H,4-5,9-14H2,(H,24,25). The first-order chi connectivity index (χ1) is 12.8. The topological polar surface area (TPSA) is 64.1 Å². The molecule has 0 unspecified atom stereocenters. The summed E-state index contributed by atoms with van der Waals surface area (Å²) in [4.78, 5) is 20.3. The average Bonchev–Trinajstić information content (AvgIpc) is 2.68. The summed E-state index contributed by atoms with van der Waals surface area (Å²) in [6, 6.07) is 12.9. The molecule has 1 N–H and O–H groups in total. The van der Waals surface area contributed by atoms with E-state index in [2.05, 4.69) is 39.6 Å². The minimum Gasteiger partial charge on any atom is -0.460 e. The van der Waals surface area contributed by atoms with Gasteiger partial charge in [0.25, 0.3) is 0 Å². The van der Waals surface area contributed by atoms with E-state index < -0.39 is 0 Å². The van der Waals surface area contributed by atoms with E-state index >= 15 is 0 Å². The smallest absolute Gasteiger partial charge is 0.316 e. The molecular weight excluding hydrogens is 326 g/mol. The number of carbonyl (C=O) groups excluding carboxylic acids is 1. The van der Waals surface area contributed by atoms with Gasteiger partial charge in [0.1, 0.15) is 6.10 Å². The van der Waals surface area contributed by atoms with E-state index in [0.29, 0.717) is 12.4 Å². The largest absolute Gasteiger partial charge is 0.460 e. The van der Waals surface area contributed by atoms with E-state index in [-0.39, 0.29) is 18.1 Å². The maximum Gasteiger partial charge on any atom is 0.316 e. The first-order valence-electron chi connectivity index (χ1n) is 9.56. The first-order valence-corrected chi connectivity index (χ1v) is 9.56. The lowest BCUT2D eigenvalue weighted by molar-refractivity contribution is -0.122. The molecular formula is C21H27N3O2. The molecule has 1 aliphatic carbocycles. The molecule has 0 atom stereocenters. The molecule has 1 aromatic heterocycles. The van der Waals surface area contributed by atoms with Crippen LogP contribution >= 0.6 is 0 Å². The highest BCUT2D eigenvalue weighted by Crippen LogP contribution is 2.22. The second-order valence-electron chi connectivity index (χ2n) is 6.88. The predicted molar refractivity (Wildman–Crippen MR) is 101 cm³/mol. The summed E-state index contributed by atoms with van der Waals surface area (Å²) in [5, 5.41) is 3.18. The van der Waals surface area contributed by atoms with E-state index in [4.69, 9.17) is 4.74 Å². The van der Waals surface area contributed by atoms with Crippen molar-refractivity contribution in [3.63, 3.8) is 0 Å². The molecule has 0 saturated heterocycles. The first kappa shape index (κ1) is 18.4. The number of ether oxygens (including phenoxy) is 1. The summed E-state index contributed by atoms with van der Waals surface area (Å²) in [7, 11) is 0. The Morgan fingerprint density at radius 3 is 2.46 bits per heavy atom. The zero-order valence-electron chi connectivity index (χ0n) is 15.1. The Bertz CT molecular complexity index is 655. The molecule has 2 aromatic rings. The molecule has 1 aliphatic rings. The van der Waals surface area contributed by atoms with Crippen LogP contribution in [0.1, 0.15) is 50.5 Å². The van der Waals surface area contributed by atoms with Gasteiger partial charge in [0.05, 0.1) is 0 Å². The molecule has 0 aliphatic heterocycles. The summed E-state index contributed by atoms with van der Waals surface area (Å²) in [5.74, 6) is 0.175. The Kier molecular flexibility index (Phi) is 6.99. The Morgan fingerprint density at radius 1 is 1.00 bits per heavy atom. The van der Waals surface area contributed by atoms with Crippen LogP contribution in [-0.4, -0.2) is 28.0 Å². The van der Waals surface area contributed by atoms with Crippen LogP contribution in [0.25, 0.3) is 0 Å². The van der Waals surface area contributed by atoms with Crippen molar-refractivity contribution in [2.45, 2.75) is 63.5 Å². The lowest BCUT2D eigenvalue weighted by atomic mass is 9.93. The van der Waals surface area contributed by atoms with E-state index in [1.807, 2.05) is 6.07 Å². The van der Waals surface area contributed by atoms with E-state index in [1.165, 1.54) is 5.56 Å². The summed E-state index contributed by atoms with van der Waals surface area (Å²) >= 11 is 0. The normalized spacial score (nSPS) is 19.7. The number of nitrogens with one attached hydrogen (secondary N) is 1. The lowest BCUT2D eigenvalue weighted by Crippen LogP contribution is -2.39. The molecule has 26 heavy (non-hydrogen) atoms. The highest BCUT2D eigenvalue weighted by molar-refractivity contribution is 5.76. The van der Waals surface area contributed by atoms with Crippen LogP contribution in [0.3, 0.4) is 0 Å². The van der Waals surface area contributed by atoms with E-state index in [1.54, 1.807) is 18.5 Å². The van der Waals surface area contributed by atoms with Gasteiger partial charge in [-0.25, -0.2) is 9.97 Å². The molecule has 3 rings (SSSR count). The summed E-state index contributed by atoms with van der Waals surface area (Å²) < 4.78 is 5.80. The summed E-state index contributed by atoms with van der Waals surface area (Å²) in [6.07, 6.45) is 10.9. The number of aromatic nitrogens is 2.